The van der Waals surface area contributed by atoms with Gasteiger partial charge in [-0.15, -0.1) is 0 Å². The van der Waals surface area contributed by atoms with Crippen molar-refractivity contribution < 1.29 is 19.1 Å². The monoisotopic (exact) mass is 381 g/mol. The van der Waals surface area contributed by atoms with Gasteiger partial charge in [-0.25, -0.2) is 4.79 Å². The summed E-state index contributed by atoms with van der Waals surface area (Å²) in [6, 6.07) is 6.00. The highest BCUT2D eigenvalue weighted by Crippen LogP contribution is 2.33. The van der Waals surface area contributed by atoms with Crippen LogP contribution in [0.2, 0.25) is 10.0 Å². The molecular weight excluding hydrogens is 369 g/mol. The first-order chi connectivity index (χ1) is 11.9. The van der Waals surface area contributed by atoms with Gasteiger partial charge in [0.1, 0.15) is 5.76 Å². The fourth-order valence-electron chi connectivity index (χ4n) is 2.54. The van der Waals surface area contributed by atoms with Gasteiger partial charge in [-0.3, -0.25) is 9.36 Å². The zero-order valence-corrected chi connectivity index (χ0v) is 14.6. The average molecular weight is 382 g/mol. The lowest BCUT2D eigenvalue weighted by Gasteiger charge is -2.15. The van der Waals surface area contributed by atoms with Crippen LogP contribution in [0.25, 0.3) is 10.8 Å². The number of hydrogen-bond donors (Lipinski definition) is 1. The Morgan fingerprint density at radius 2 is 1.96 bits per heavy atom. The third kappa shape index (κ3) is 3.10. The summed E-state index contributed by atoms with van der Waals surface area (Å²) >= 11 is 12.0. The molecule has 0 fully saturated rings. The van der Waals surface area contributed by atoms with Gasteiger partial charge < -0.3 is 14.3 Å². The van der Waals surface area contributed by atoms with E-state index in [0.29, 0.717) is 5.76 Å². The lowest BCUT2D eigenvalue weighted by Crippen LogP contribution is -2.27. The second-order valence-corrected chi connectivity index (χ2v) is 6.01. The average Bonchev–Trinajstić information content (AvgIpc) is 3.08. The molecule has 1 aromatic carbocycles. The molecule has 1 N–H and O–H groups in total. The van der Waals surface area contributed by atoms with Gasteiger partial charge in [0.05, 0.1) is 34.8 Å². The van der Waals surface area contributed by atoms with Crippen molar-refractivity contribution in [2.24, 2.45) is 0 Å². The maximum absolute atomic E-state index is 12.9. The number of ether oxygens (including phenoxy) is 1. The Labute approximate surface area is 152 Å². The van der Waals surface area contributed by atoms with Crippen molar-refractivity contribution in [3.05, 3.63) is 62.4 Å². The molecular formula is C17H13Cl2NO5. The first kappa shape index (κ1) is 17.4. The summed E-state index contributed by atoms with van der Waals surface area (Å²) in [5.41, 5.74) is -0.792. The second-order valence-electron chi connectivity index (χ2n) is 5.20. The third-order valence-corrected chi connectivity index (χ3v) is 4.37. The fourth-order valence-corrected chi connectivity index (χ4v) is 2.86. The molecule has 8 heteroatoms. The van der Waals surface area contributed by atoms with Crippen molar-refractivity contribution in [2.45, 2.75) is 13.5 Å². The maximum Gasteiger partial charge on any atom is 0.358 e. The molecule has 6 nitrogen and oxygen atoms in total. The smallest absolute Gasteiger partial charge is 0.358 e. The zero-order chi connectivity index (χ0) is 18.1. The van der Waals surface area contributed by atoms with Crippen molar-refractivity contribution in [2.75, 3.05) is 6.61 Å². The van der Waals surface area contributed by atoms with E-state index in [4.69, 9.17) is 32.4 Å². The first-order valence-electron chi connectivity index (χ1n) is 7.38. The number of benzene rings is 1. The third-order valence-electron chi connectivity index (χ3n) is 3.65. The molecule has 0 unspecified atom stereocenters. The molecule has 0 saturated heterocycles. The van der Waals surface area contributed by atoms with E-state index < -0.39 is 17.3 Å². The van der Waals surface area contributed by atoms with E-state index >= 15 is 0 Å². The number of esters is 1. The number of carbonyl (C=O) groups excluding carboxylic acids is 1. The van der Waals surface area contributed by atoms with Gasteiger partial charge in [-0.1, -0.05) is 23.2 Å². The lowest BCUT2D eigenvalue weighted by atomic mass is 10.1. The van der Waals surface area contributed by atoms with Crippen LogP contribution < -0.4 is 5.56 Å². The molecule has 0 aliphatic heterocycles. The lowest BCUT2D eigenvalue weighted by molar-refractivity contribution is 0.0509. The SMILES string of the molecule is CCOC(=O)c1c(O)c2cc(Cl)c(Cl)cc2c(=O)n1Cc1ccco1. The Balaban J connectivity index is 2.35. The predicted octanol–water partition coefficient (Wildman–Crippen LogP) is 3.83. The van der Waals surface area contributed by atoms with E-state index in [1.54, 1.807) is 19.1 Å². The van der Waals surface area contributed by atoms with E-state index in [1.807, 2.05) is 0 Å². The highest BCUT2D eigenvalue weighted by molar-refractivity contribution is 6.42. The van der Waals surface area contributed by atoms with Crippen molar-refractivity contribution in [3.63, 3.8) is 0 Å². The minimum Gasteiger partial charge on any atom is -0.505 e. The minimum atomic E-state index is -0.823. The number of carbonyl (C=O) groups is 1. The molecule has 2 aromatic heterocycles. The molecule has 3 aromatic rings. The van der Waals surface area contributed by atoms with Crippen LogP contribution in [0.5, 0.6) is 5.75 Å². The number of halogens is 2. The molecule has 0 saturated carbocycles. The van der Waals surface area contributed by atoms with Gasteiger partial charge in [0, 0.05) is 5.39 Å². The van der Waals surface area contributed by atoms with Gasteiger partial charge in [-0.05, 0) is 31.2 Å². The number of nitrogens with zero attached hydrogens (tertiary/aromatic N) is 1. The molecule has 0 radical (unpaired) electrons. The van der Waals surface area contributed by atoms with Crippen LogP contribution in [0.1, 0.15) is 23.2 Å². The summed E-state index contributed by atoms with van der Waals surface area (Å²) in [5.74, 6) is -0.790. The Hall–Kier alpha value is -2.44. The van der Waals surface area contributed by atoms with E-state index in [1.165, 1.54) is 18.4 Å². The normalized spacial score (nSPS) is 11.0. The molecule has 0 aliphatic carbocycles. The fraction of sp³-hybridized carbons (Fsp3) is 0.176. The van der Waals surface area contributed by atoms with Gasteiger partial charge in [0.2, 0.25) is 0 Å². The summed E-state index contributed by atoms with van der Waals surface area (Å²) in [4.78, 5) is 25.2. The zero-order valence-electron chi connectivity index (χ0n) is 13.1. The van der Waals surface area contributed by atoms with Crippen LogP contribution in [0.4, 0.5) is 0 Å². The van der Waals surface area contributed by atoms with Crippen LogP contribution >= 0.6 is 23.2 Å². The summed E-state index contributed by atoms with van der Waals surface area (Å²) < 4.78 is 11.3. The minimum absolute atomic E-state index is 0.0519. The largest absolute Gasteiger partial charge is 0.505 e. The number of hydrogen-bond acceptors (Lipinski definition) is 5. The summed E-state index contributed by atoms with van der Waals surface area (Å²) in [5, 5.41) is 11.2. The molecule has 2 heterocycles. The number of furan rings is 1. The quantitative estimate of drug-likeness (QED) is 0.694. The molecule has 25 heavy (non-hydrogen) atoms. The van der Waals surface area contributed by atoms with Gasteiger partial charge in [0.25, 0.3) is 5.56 Å². The molecule has 0 amide bonds. The van der Waals surface area contributed by atoms with E-state index in [-0.39, 0.29) is 39.7 Å². The van der Waals surface area contributed by atoms with Crippen molar-refractivity contribution in [1.29, 1.82) is 0 Å². The van der Waals surface area contributed by atoms with E-state index in [0.717, 1.165) is 4.57 Å². The Morgan fingerprint density at radius 3 is 2.56 bits per heavy atom. The highest BCUT2D eigenvalue weighted by Gasteiger charge is 2.24. The molecule has 0 aliphatic rings. The van der Waals surface area contributed by atoms with Crippen molar-refractivity contribution >= 4 is 39.9 Å². The number of pyridine rings is 1. The molecule has 130 valence electrons. The molecule has 0 spiro atoms. The standard InChI is InChI=1S/C17H13Cl2NO5/c1-2-24-17(23)14-15(21)10-6-12(18)13(19)7-11(10)16(22)20(14)8-9-4-3-5-25-9/h3-7,21H,2,8H2,1H3. The van der Waals surface area contributed by atoms with Gasteiger partial charge >= 0.3 is 5.97 Å². The molecule has 0 bridgehead atoms. The Morgan fingerprint density at radius 1 is 1.28 bits per heavy atom. The summed E-state index contributed by atoms with van der Waals surface area (Å²) in [7, 11) is 0. The highest BCUT2D eigenvalue weighted by atomic mass is 35.5. The number of aromatic nitrogens is 1. The molecule has 3 rings (SSSR count). The number of aromatic hydroxyl groups is 1. The van der Waals surface area contributed by atoms with Crippen LogP contribution in [0.15, 0.2) is 39.7 Å². The Bertz CT molecular complexity index is 1010. The second kappa shape index (κ2) is 6.82. The van der Waals surface area contributed by atoms with E-state index in [2.05, 4.69) is 0 Å². The topological polar surface area (TPSA) is 81.7 Å². The molecule has 0 atom stereocenters. The number of rotatable bonds is 4. The van der Waals surface area contributed by atoms with Crippen molar-refractivity contribution in [3.8, 4) is 5.75 Å². The van der Waals surface area contributed by atoms with Crippen molar-refractivity contribution in [1.82, 2.24) is 4.57 Å². The van der Waals surface area contributed by atoms with E-state index in [9.17, 15) is 14.7 Å². The van der Waals surface area contributed by atoms with Crippen LogP contribution in [-0.2, 0) is 11.3 Å². The van der Waals surface area contributed by atoms with Gasteiger partial charge in [0.15, 0.2) is 11.4 Å². The Kier molecular flexibility index (Phi) is 4.74. The predicted molar refractivity (Wildman–Crippen MR) is 93.7 cm³/mol. The summed E-state index contributed by atoms with van der Waals surface area (Å²) in [6.07, 6.45) is 1.45. The van der Waals surface area contributed by atoms with Crippen LogP contribution in [0, 0.1) is 0 Å². The summed E-state index contributed by atoms with van der Waals surface area (Å²) in [6.45, 7) is 1.66. The maximum atomic E-state index is 12.9. The van der Waals surface area contributed by atoms with Crippen LogP contribution in [-0.4, -0.2) is 22.2 Å². The number of fused-ring (bicyclic) bond motifs is 1. The first-order valence-corrected chi connectivity index (χ1v) is 8.13. The van der Waals surface area contributed by atoms with Crippen LogP contribution in [0.3, 0.4) is 0 Å². The van der Waals surface area contributed by atoms with Gasteiger partial charge in [-0.2, -0.15) is 0 Å².